The SMILES string of the molecule is CCCn1cc(CNc2cc(C)nn2C)cn1. The summed E-state index contributed by atoms with van der Waals surface area (Å²) in [6.45, 7) is 5.90. The number of nitrogens with one attached hydrogen (secondary N) is 1. The first-order valence-corrected chi connectivity index (χ1v) is 5.95. The van der Waals surface area contributed by atoms with Crippen LogP contribution in [-0.2, 0) is 20.1 Å². The molecule has 0 amide bonds. The van der Waals surface area contributed by atoms with Gasteiger partial charge < -0.3 is 5.32 Å². The Balaban J connectivity index is 1.95. The third kappa shape index (κ3) is 2.87. The zero-order valence-corrected chi connectivity index (χ0v) is 10.6. The van der Waals surface area contributed by atoms with E-state index in [1.807, 2.05) is 35.6 Å². The molecule has 0 aromatic carbocycles. The van der Waals surface area contributed by atoms with Gasteiger partial charge in [0.25, 0.3) is 0 Å². The van der Waals surface area contributed by atoms with Crippen LogP contribution in [0.1, 0.15) is 24.6 Å². The Morgan fingerprint density at radius 2 is 2.24 bits per heavy atom. The van der Waals surface area contributed by atoms with E-state index in [1.165, 1.54) is 5.56 Å². The molecule has 5 nitrogen and oxygen atoms in total. The summed E-state index contributed by atoms with van der Waals surface area (Å²) < 4.78 is 3.83. The molecule has 0 atom stereocenters. The molecule has 0 saturated heterocycles. The minimum absolute atomic E-state index is 0.780. The number of hydrogen-bond acceptors (Lipinski definition) is 3. The average molecular weight is 233 g/mol. The molecule has 2 aromatic heterocycles. The van der Waals surface area contributed by atoms with E-state index in [0.717, 1.165) is 31.0 Å². The van der Waals surface area contributed by atoms with Crippen LogP contribution < -0.4 is 5.32 Å². The van der Waals surface area contributed by atoms with Crippen LogP contribution in [0.2, 0.25) is 0 Å². The van der Waals surface area contributed by atoms with E-state index in [4.69, 9.17) is 0 Å². The maximum Gasteiger partial charge on any atom is 0.124 e. The predicted molar refractivity (Wildman–Crippen MR) is 67.8 cm³/mol. The highest BCUT2D eigenvalue weighted by Gasteiger charge is 2.02. The van der Waals surface area contributed by atoms with Gasteiger partial charge in [-0.1, -0.05) is 6.92 Å². The molecule has 0 unspecified atom stereocenters. The highest BCUT2D eigenvalue weighted by atomic mass is 15.3. The van der Waals surface area contributed by atoms with Crippen molar-refractivity contribution in [2.45, 2.75) is 33.4 Å². The first kappa shape index (κ1) is 11.7. The molecule has 0 fully saturated rings. The summed E-state index contributed by atoms with van der Waals surface area (Å²) in [4.78, 5) is 0. The van der Waals surface area contributed by atoms with Gasteiger partial charge in [0, 0.05) is 38.0 Å². The Bertz CT molecular complexity index is 483. The van der Waals surface area contributed by atoms with E-state index in [2.05, 4.69) is 28.6 Å². The van der Waals surface area contributed by atoms with Crippen LogP contribution in [0.5, 0.6) is 0 Å². The van der Waals surface area contributed by atoms with Crippen molar-refractivity contribution in [1.82, 2.24) is 19.6 Å². The third-order valence-electron chi connectivity index (χ3n) is 2.62. The molecule has 2 heterocycles. The first-order valence-electron chi connectivity index (χ1n) is 5.95. The monoisotopic (exact) mass is 233 g/mol. The third-order valence-corrected chi connectivity index (χ3v) is 2.62. The van der Waals surface area contributed by atoms with E-state index in [-0.39, 0.29) is 0 Å². The summed E-state index contributed by atoms with van der Waals surface area (Å²) >= 11 is 0. The number of aromatic nitrogens is 4. The Hall–Kier alpha value is -1.78. The molecule has 0 saturated carbocycles. The van der Waals surface area contributed by atoms with Gasteiger partial charge >= 0.3 is 0 Å². The normalized spacial score (nSPS) is 10.8. The maximum atomic E-state index is 4.30. The van der Waals surface area contributed by atoms with E-state index < -0.39 is 0 Å². The van der Waals surface area contributed by atoms with Gasteiger partial charge in [0.05, 0.1) is 11.9 Å². The van der Waals surface area contributed by atoms with Crippen molar-refractivity contribution in [1.29, 1.82) is 0 Å². The molecular weight excluding hydrogens is 214 g/mol. The molecule has 2 rings (SSSR count). The van der Waals surface area contributed by atoms with Gasteiger partial charge in [-0.2, -0.15) is 10.2 Å². The fourth-order valence-electron chi connectivity index (χ4n) is 1.82. The fourth-order valence-corrected chi connectivity index (χ4v) is 1.82. The molecule has 92 valence electrons. The van der Waals surface area contributed by atoms with E-state index in [1.54, 1.807) is 0 Å². The van der Waals surface area contributed by atoms with Crippen LogP contribution in [0, 0.1) is 6.92 Å². The number of aryl methyl sites for hydroxylation is 3. The van der Waals surface area contributed by atoms with Crippen LogP contribution in [-0.4, -0.2) is 19.6 Å². The van der Waals surface area contributed by atoms with Crippen molar-refractivity contribution < 1.29 is 0 Å². The molecule has 0 bridgehead atoms. The minimum Gasteiger partial charge on any atom is -0.366 e. The van der Waals surface area contributed by atoms with E-state index in [9.17, 15) is 0 Å². The lowest BCUT2D eigenvalue weighted by Gasteiger charge is -2.03. The van der Waals surface area contributed by atoms with Crippen molar-refractivity contribution in [2.75, 3.05) is 5.32 Å². The molecule has 17 heavy (non-hydrogen) atoms. The number of rotatable bonds is 5. The quantitative estimate of drug-likeness (QED) is 0.858. The molecule has 0 aliphatic carbocycles. The first-order chi connectivity index (χ1) is 8.19. The van der Waals surface area contributed by atoms with Gasteiger partial charge in [-0.05, 0) is 13.3 Å². The fraction of sp³-hybridized carbons (Fsp3) is 0.500. The average Bonchev–Trinajstić information content (AvgIpc) is 2.83. The minimum atomic E-state index is 0.780. The van der Waals surface area contributed by atoms with Gasteiger partial charge in [-0.15, -0.1) is 0 Å². The van der Waals surface area contributed by atoms with Crippen LogP contribution in [0.25, 0.3) is 0 Å². The Labute approximate surface area is 101 Å². The zero-order valence-electron chi connectivity index (χ0n) is 10.6. The lowest BCUT2D eigenvalue weighted by Crippen LogP contribution is -2.04. The molecule has 0 radical (unpaired) electrons. The molecule has 5 heteroatoms. The van der Waals surface area contributed by atoms with Crippen molar-refractivity contribution in [3.05, 3.63) is 29.7 Å². The van der Waals surface area contributed by atoms with Gasteiger partial charge in [-0.25, -0.2) is 0 Å². The van der Waals surface area contributed by atoms with Gasteiger partial charge in [0.2, 0.25) is 0 Å². The van der Waals surface area contributed by atoms with Gasteiger partial charge in [0.1, 0.15) is 5.82 Å². The van der Waals surface area contributed by atoms with Crippen LogP contribution >= 0.6 is 0 Å². The molecule has 0 aliphatic rings. The topological polar surface area (TPSA) is 47.7 Å². The summed E-state index contributed by atoms with van der Waals surface area (Å²) in [6, 6.07) is 2.04. The second kappa shape index (κ2) is 5.03. The lowest BCUT2D eigenvalue weighted by atomic mass is 10.3. The van der Waals surface area contributed by atoms with Crippen LogP contribution in [0.15, 0.2) is 18.5 Å². The lowest BCUT2D eigenvalue weighted by molar-refractivity contribution is 0.602. The highest BCUT2D eigenvalue weighted by Crippen LogP contribution is 2.09. The van der Waals surface area contributed by atoms with Crippen LogP contribution in [0.3, 0.4) is 0 Å². The summed E-state index contributed by atoms with van der Waals surface area (Å²) in [5.41, 5.74) is 2.22. The van der Waals surface area contributed by atoms with Crippen molar-refractivity contribution >= 4 is 5.82 Å². The number of nitrogens with zero attached hydrogens (tertiary/aromatic N) is 4. The summed E-state index contributed by atoms with van der Waals surface area (Å²) in [7, 11) is 1.94. The predicted octanol–water partition coefficient (Wildman–Crippen LogP) is 1.95. The second-order valence-corrected chi connectivity index (χ2v) is 4.26. The smallest absolute Gasteiger partial charge is 0.124 e. The van der Waals surface area contributed by atoms with Crippen molar-refractivity contribution in [3.8, 4) is 0 Å². The van der Waals surface area contributed by atoms with E-state index >= 15 is 0 Å². The Morgan fingerprint density at radius 3 is 2.88 bits per heavy atom. The maximum absolute atomic E-state index is 4.30. The Morgan fingerprint density at radius 1 is 1.41 bits per heavy atom. The largest absolute Gasteiger partial charge is 0.366 e. The molecular formula is C12H19N5. The van der Waals surface area contributed by atoms with Gasteiger partial charge in [0.15, 0.2) is 0 Å². The summed E-state index contributed by atoms with van der Waals surface area (Å²) in [5.74, 6) is 1.03. The van der Waals surface area contributed by atoms with Gasteiger partial charge in [-0.3, -0.25) is 9.36 Å². The van der Waals surface area contributed by atoms with E-state index in [0.29, 0.717) is 0 Å². The summed E-state index contributed by atoms with van der Waals surface area (Å²) in [5, 5.41) is 11.9. The van der Waals surface area contributed by atoms with Crippen LogP contribution in [0.4, 0.5) is 5.82 Å². The Kier molecular flexibility index (Phi) is 3.46. The summed E-state index contributed by atoms with van der Waals surface area (Å²) in [6.07, 6.45) is 5.10. The number of anilines is 1. The second-order valence-electron chi connectivity index (χ2n) is 4.26. The molecule has 1 N–H and O–H groups in total. The highest BCUT2D eigenvalue weighted by molar-refractivity contribution is 5.37. The zero-order chi connectivity index (χ0) is 12.3. The standard InChI is InChI=1S/C12H19N5/c1-4-5-17-9-11(8-14-17)7-13-12-6-10(2)15-16(12)3/h6,8-9,13H,4-5,7H2,1-3H3. The van der Waals surface area contributed by atoms with Crippen molar-refractivity contribution in [3.63, 3.8) is 0 Å². The number of hydrogen-bond donors (Lipinski definition) is 1. The molecule has 0 spiro atoms. The molecule has 2 aromatic rings. The van der Waals surface area contributed by atoms with Crippen molar-refractivity contribution in [2.24, 2.45) is 7.05 Å². The molecule has 0 aliphatic heterocycles.